The predicted octanol–water partition coefficient (Wildman–Crippen LogP) is 1.35. The van der Waals surface area contributed by atoms with Crippen LogP contribution in [0.2, 0.25) is 0 Å². The third-order valence-corrected chi connectivity index (χ3v) is 3.58. The zero-order valence-corrected chi connectivity index (χ0v) is 13.6. The molecule has 118 valence electrons. The zero-order chi connectivity index (χ0) is 14.5. The number of hydrogen-bond donors (Lipinski definition) is 3. The lowest BCUT2D eigenvalue weighted by molar-refractivity contribution is -0.129. The van der Waals surface area contributed by atoms with E-state index in [9.17, 15) is 9.59 Å². The summed E-state index contributed by atoms with van der Waals surface area (Å²) in [7, 11) is 0. The van der Waals surface area contributed by atoms with Crippen molar-refractivity contribution in [1.29, 1.82) is 0 Å². The smallest absolute Gasteiger partial charge is 0.240 e. The van der Waals surface area contributed by atoms with Gasteiger partial charge >= 0.3 is 0 Å². The number of nitrogens with one attached hydrogen (secondary N) is 2. The first kappa shape index (κ1) is 19.2. The first-order valence-corrected chi connectivity index (χ1v) is 7.11. The Morgan fingerprint density at radius 1 is 1.05 bits per heavy atom. The van der Waals surface area contributed by atoms with Crippen molar-refractivity contribution in [3.63, 3.8) is 0 Å². The quantitative estimate of drug-likeness (QED) is 0.685. The molecule has 0 aromatic heterocycles. The molecule has 1 rings (SSSR count). The second kappa shape index (κ2) is 7.84. The topological polar surface area (TPSA) is 84.2 Å². The third kappa shape index (κ3) is 5.67. The molecule has 0 bridgehead atoms. The monoisotopic (exact) mass is 305 g/mol. The maximum absolute atomic E-state index is 12.0. The van der Waals surface area contributed by atoms with Crippen LogP contribution in [0.15, 0.2) is 0 Å². The van der Waals surface area contributed by atoms with Gasteiger partial charge in [0.25, 0.3) is 0 Å². The maximum Gasteiger partial charge on any atom is 0.240 e. The molecule has 20 heavy (non-hydrogen) atoms. The summed E-state index contributed by atoms with van der Waals surface area (Å²) in [6.45, 7) is 6.45. The second-order valence-electron chi connectivity index (χ2n) is 6.48. The molecule has 0 atom stereocenters. The van der Waals surface area contributed by atoms with Gasteiger partial charge in [0.1, 0.15) is 0 Å². The van der Waals surface area contributed by atoms with Crippen molar-refractivity contribution in [2.24, 2.45) is 11.1 Å². The van der Waals surface area contributed by atoms with Gasteiger partial charge < -0.3 is 16.4 Å². The third-order valence-electron chi connectivity index (χ3n) is 3.58. The van der Waals surface area contributed by atoms with E-state index in [1.807, 2.05) is 20.8 Å². The molecule has 0 radical (unpaired) electrons. The van der Waals surface area contributed by atoms with Crippen molar-refractivity contribution in [2.75, 3.05) is 13.1 Å². The molecule has 1 fully saturated rings. The SMILES string of the molecule is CC(C)(C)C(=O)NCCNC(=O)C1(N)CCCCC1.Cl. The number of carbonyl (C=O) groups is 2. The molecule has 4 N–H and O–H groups in total. The lowest BCUT2D eigenvalue weighted by atomic mass is 9.82. The standard InChI is InChI=1S/C14H27N3O2.ClH/c1-13(2,3)11(18)16-9-10-17-12(19)14(15)7-5-4-6-8-14;/h4-10,15H2,1-3H3,(H,16,18)(H,17,19);1H. The fourth-order valence-electron chi connectivity index (χ4n) is 2.20. The summed E-state index contributed by atoms with van der Waals surface area (Å²) in [5.74, 6) is -0.0981. The van der Waals surface area contributed by atoms with Gasteiger partial charge in [0.05, 0.1) is 5.54 Å². The molecule has 6 heteroatoms. The lowest BCUT2D eigenvalue weighted by Crippen LogP contribution is -2.56. The highest BCUT2D eigenvalue weighted by Gasteiger charge is 2.34. The highest BCUT2D eigenvalue weighted by Crippen LogP contribution is 2.25. The van der Waals surface area contributed by atoms with Crippen LogP contribution in [0.3, 0.4) is 0 Å². The van der Waals surface area contributed by atoms with Crippen molar-refractivity contribution in [2.45, 2.75) is 58.4 Å². The molecular formula is C14H28ClN3O2. The lowest BCUT2D eigenvalue weighted by Gasteiger charge is -2.31. The first-order chi connectivity index (χ1) is 8.76. The number of halogens is 1. The van der Waals surface area contributed by atoms with Gasteiger partial charge in [-0.3, -0.25) is 9.59 Å². The molecule has 0 spiro atoms. The molecule has 0 saturated heterocycles. The van der Waals surface area contributed by atoms with E-state index in [0.717, 1.165) is 32.1 Å². The van der Waals surface area contributed by atoms with Crippen molar-refractivity contribution >= 4 is 24.2 Å². The Labute approximate surface area is 127 Å². The van der Waals surface area contributed by atoms with E-state index in [1.54, 1.807) is 0 Å². The van der Waals surface area contributed by atoms with Crippen LogP contribution in [0.5, 0.6) is 0 Å². The summed E-state index contributed by atoms with van der Waals surface area (Å²) < 4.78 is 0. The summed E-state index contributed by atoms with van der Waals surface area (Å²) >= 11 is 0. The highest BCUT2D eigenvalue weighted by molar-refractivity contribution is 5.86. The minimum atomic E-state index is -0.702. The van der Waals surface area contributed by atoms with Crippen LogP contribution in [0.1, 0.15) is 52.9 Å². The average Bonchev–Trinajstić information content (AvgIpc) is 2.33. The van der Waals surface area contributed by atoms with Gasteiger partial charge in [0.15, 0.2) is 0 Å². The van der Waals surface area contributed by atoms with E-state index in [4.69, 9.17) is 5.73 Å². The van der Waals surface area contributed by atoms with Crippen molar-refractivity contribution in [3.05, 3.63) is 0 Å². The summed E-state index contributed by atoms with van der Waals surface area (Å²) in [5.41, 5.74) is 5.01. The normalized spacial score (nSPS) is 17.8. The number of nitrogens with two attached hydrogens (primary N) is 1. The molecule has 0 aliphatic heterocycles. The van der Waals surface area contributed by atoms with Gasteiger partial charge in [-0.15, -0.1) is 12.4 Å². The Kier molecular flexibility index (Phi) is 7.52. The Morgan fingerprint density at radius 3 is 2.05 bits per heavy atom. The van der Waals surface area contributed by atoms with E-state index in [0.29, 0.717) is 13.1 Å². The van der Waals surface area contributed by atoms with Gasteiger partial charge in [0, 0.05) is 18.5 Å². The Balaban J connectivity index is 0.00000361. The van der Waals surface area contributed by atoms with Crippen molar-refractivity contribution in [1.82, 2.24) is 10.6 Å². The number of amides is 2. The Morgan fingerprint density at radius 2 is 1.55 bits per heavy atom. The molecule has 2 amide bonds. The number of carbonyl (C=O) groups excluding carboxylic acids is 2. The van der Waals surface area contributed by atoms with Crippen LogP contribution in [-0.2, 0) is 9.59 Å². The molecule has 0 heterocycles. The highest BCUT2D eigenvalue weighted by atomic mass is 35.5. The van der Waals surface area contributed by atoms with E-state index in [1.165, 1.54) is 0 Å². The zero-order valence-electron chi connectivity index (χ0n) is 12.8. The summed E-state index contributed by atoms with van der Waals surface area (Å²) in [6.07, 6.45) is 4.71. The molecule has 1 aliphatic carbocycles. The average molecular weight is 306 g/mol. The van der Waals surface area contributed by atoms with E-state index < -0.39 is 11.0 Å². The molecule has 1 aliphatic rings. The molecule has 0 aromatic carbocycles. The van der Waals surface area contributed by atoms with Crippen LogP contribution in [0, 0.1) is 5.41 Å². The largest absolute Gasteiger partial charge is 0.354 e. The summed E-state index contributed by atoms with van der Waals surface area (Å²) in [5, 5.41) is 5.62. The molecule has 0 aromatic rings. The minimum absolute atomic E-state index is 0. The Bertz CT molecular complexity index is 334. The molecule has 5 nitrogen and oxygen atoms in total. The van der Waals surface area contributed by atoms with Gasteiger partial charge in [-0.1, -0.05) is 40.0 Å². The van der Waals surface area contributed by atoms with Gasteiger partial charge in [-0.2, -0.15) is 0 Å². The van der Waals surface area contributed by atoms with Crippen LogP contribution in [0.4, 0.5) is 0 Å². The first-order valence-electron chi connectivity index (χ1n) is 7.11. The Hall–Kier alpha value is -0.810. The van der Waals surface area contributed by atoms with Crippen LogP contribution < -0.4 is 16.4 Å². The van der Waals surface area contributed by atoms with E-state index >= 15 is 0 Å². The van der Waals surface area contributed by atoms with Crippen molar-refractivity contribution < 1.29 is 9.59 Å². The van der Waals surface area contributed by atoms with Crippen LogP contribution >= 0.6 is 12.4 Å². The number of hydrogen-bond acceptors (Lipinski definition) is 3. The second-order valence-corrected chi connectivity index (χ2v) is 6.48. The van der Waals surface area contributed by atoms with Gasteiger partial charge in [-0.25, -0.2) is 0 Å². The fraction of sp³-hybridized carbons (Fsp3) is 0.857. The van der Waals surface area contributed by atoms with Crippen LogP contribution in [0.25, 0.3) is 0 Å². The molecular weight excluding hydrogens is 278 g/mol. The summed E-state index contributed by atoms with van der Waals surface area (Å²) in [6, 6.07) is 0. The van der Waals surface area contributed by atoms with Gasteiger partial charge in [-0.05, 0) is 12.8 Å². The number of rotatable bonds is 4. The van der Waals surface area contributed by atoms with E-state index in [-0.39, 0.29) is 24.2 Å². The minimum Gasteiger partial charge on any atom is -0.354 e. The maximum atomic E-state index is 12.0. The molecule has 0 unspecified atom stereocenters. The predicted molar refractivity (Wildman–Crippen MR) is 82.7 cm³/mol. The van der Waals surface area contributed by atoms with Crippen molar-refractivity contribution in [3.8, 4) is 0 Å². The van der Waals surface area contributed by atoms with Crippen LogP contribution in [-0.4, -0.2) is 30.4 Å². The molecule has 1 saturated carbocycles. The fourth-order valence-corrected chi connectivity index (χ4v) is 2.20. The van der Waals surface area contributed by atoms with Gasteiger partial charge in [0.2, 0.25) is 11.8 Å². The summed E-state index contributed by atoms with van der Waals surface area (Å²) in [4.78, 5) is 23.6. The van der Waals surface area contributed by atoms with E-state index in [2.05, 4.69) is 10.6 Å².